The predicted molar refractivity (Wildman–Crippen MR) is 52.1 cm³/mol. The highest BCUT2D eigenvalue weighted by atomic mass is 16.3. The SMILES string of the molecule is O=C(c1ccnnc1)N(CCO)CCO. The van der Waals surface area contributed by atoms with Crippen molar-refractivity contribution in [3.05, 3.63) is 24.0 Å². The van der Waals surface area contributed by atoms with E-state index < -0.39 is 0 Å². The number of amides is 1. The third-order valence-corrected chi connectivity index (χ3v) is 1.86. The van der Waals surface area contributed by atoms with E-state index >= 15 is 0 Å². The number of aliphatic hydroxyl groups excluding tert-OH is 2. The summed E-state index contributed by atoms with van der Waals surface area (Å²) in [6.45, 7) is 0.123. The third-order valence-electron chi connectivity index (χ3n) is 1.86. The van der Waals surface area contributed by atoms with Gasteiger partial charge in [-0.25, -0.2) is 0 Å². The molecule has 82 valence electrons. The fraction of sp³-hybridized carbons (Fsp3) is 0.444. The molecule has 0 saturated heterocycles. The highest BCUT2D eigenvalue weighted by Gasteiger charge is 2.14. The molecular formula is C9H13N3O3. The molecule has 6 nitrogen and oxygen atoms in total. The van der Waals surface area contributed by atoms with Crippen LogP contribution in [0.25, 0.3) is 0 Å². The highest BCUT2D eigenvalue weighted by molar-refractivity contribution is 5.93. The molecule has 1 rings (SSSR count). The van der Waals surface area contributed by atoms with E-state index in [0.717, 1.165) is 0 Å². The largest absolute Gasteiger partial charge is 0.395 e. The van der Waals surface area contributed by atoms with E-state index in [9.17, 15) is 4.79 Å². The maximum Gasteiger partial charge on any atom is 0.255 e. The summed E-state index contributed by atoms with van der Waals surface area (Å²) in [4.78, 5) is 13.1. The van der Waals surface area contributed by atoms with Crippen LogP contribution in [0.2, 0.25) is 0 Å². The topological polar surface area (TPSA) is 86.6 Å². The van der Waals surface area contributed by atoms with E-state index in [1.54, 1.807) is 0 Å². The number of nitrogens with zero attached hydrogens (tertiary/aromatic N) is 3. The van der Waals surface area contributed by atoms with Gasteiger partial charge in [0.25, 0.3) is 5.91 Å². The van der Waals surface area contributed by atoms with Gasteiger partial charge in [0.1, 0.15) is 0 Å². The zero-order valence-electron chi connectivity index (χ0n) is 8.20. The Morgan fingerprint density at radius 1 is 1.27 bits per heavy atom. The van der Waals surface area contributed by atoms with E-state index in [1.807, 2.05) is 0 Å². The number of aromatic nitrogens is 2. The smallest absolute Gasteiger partial charge is 0.255 e. The van der Waals surface area contributed by atoms with Crippen LogP contribution >= 0.6 is 0 Å². The van der Waals surface area contributed by atoms with E-state index in [2.05, 4.69) is 10.2 Å². The van der Waals surface area contributed by atoms with E-state index in [0.29, 0.717) is 5.56 Å². The summed E-state index contributed by atoms with van der Waals surface area (Å²) in [6.07, 6.45) is 2.77. The Balaban J connectivity index is 2.71. The second kappa shape index (κ2) is 6.05. The molecule has 15 heavy (non-hydrogen) atoms. The first kappa shape index (κ1) is 11.5. The van der Waals surface area contributed by atoms with Crippen molar-refractivity contribution in [2.75, 3.05) is 26.3 Å². The van der Waals surface area contributed by atoms with Crippen LogP contribution in [-0.4, -0.2) is 57.5 Å². The van der Waals surface area contributed by atoms with E-state index in [1.165, 1.54) is 23.4 Å². The van der Waals surface area contributed by atoms with Gasteiger partial charge < -0.3 is 15.1 Å². The molecule has 0 aromatic carbocycles. The van der Waals surface area contributed by atoms with Crippen LogP contribution in [-0.2, 0) is 0 Å². The zero-order valence-corrected chi connectivity index (χ0v) is 8.20. The molecule has 0 saturated carbocycles. The molecule has 1 aromatic heterocycles. The lowest BCUT2D eigenvalue weighted by Crippen LogP contribution is -2.35. The first-order chi connectivity index (χ1) is 7.29. The maximum absolute atomic E-state index is 11.8. The van der Waals surface area contributed by atoms with Gasteiger partial charge >= 0.3 is 0 Å². The van der Waals surface area contributed by atoms with Gasteiger partial charge in [0, 0.05) is 13.1 Å². The van der Waals surface area contributed by atoms with E-state index in [-0.39, 0.29) is 32.2 Å². The average molecular weight is 211 g/mol. The van der Waals surface area contributed by atoms with Gasteiger partial charge in [0.05, 0.1) is 31.2 Å². The van der Waals surface area contributed by atoms with Crippen LogP contribution in [0.3, 0.4) is 0 Å². The number of aliphatic hydroxyl groups is 2. The van der Waals surface area contributed by atoms with Crippen molar-refractivity contribution in [1.82, 2.24) is 15.1 Å². The fourth-order valence-corrected chi connectivity index (χ4v) is 1.16. The summed E-state index contributed by atoms with van der Waals surface area (Å²) in [5.41, 5.74) is 0.395. The van der Waals surface area contributed by atoms with E-state index in [4.69, 9.17) is 10.2 Å². The third kappa shape index (κ3) is 3.26. The van der Waals surface area contributed by atoms with Gasteiger partial charge in [-0.3, -0.25) is 4.79 Å². The van der Waals surface area contributed by atoms with Crippen molar-refractivity contribution in [2.45, 2.75) is 0 Å². The van der Waals surface area contributed by atoms with Gasteiger partial charge in [0.2, 0.25) is 0 Å². The van der Waals surface area contributed by atoms with Gasteiger partial charge in [0.15, 0.2) is 0 Å². The van der Waals surface area contributed by atoms with Crippen LogP contribution in [0.15, 0.2) is 18.5 Å². The zero-order chi connectivity index (χ0) is 11.1. The van der Waals surface area contributed by atoms with Crippen LogP contribution in [0.4, 0.5) is 0 Å². The minimum Gasteiger partial charge on any atom is -0.395 e. The van der Waals surface area contributed by atoms with Crippen molar-refractivity contribution in [1.29, 1.82) is 0 Å². The molecule has 0 aliphatic rings. The number of carbonyl (C=O) groups excluding carboxylic acids is 1. The van der Waals surface area contributed by atoms with Crippen LogP contribution in [0.5, 0.6) is 0 Å². The fourth-order valence-electron chi connectivity index (χ4n) is 1.16. The normalized spacial score (nSPS) is 10.0. The summed E-state index contributed by atoms with van der Waals surface area (Å²) in [5.74, 6) is -0.270. The van der Waals surface area contributed by atoms with Gasteiger partial charge in [-0.15, -0.1) is 0 Å². The van der Waals surface area contributed by atoms with Crippen molar-refractivity contribution in [2.24, 2.45) is 0 Å². The van der Waals surface area contributed by atoms with Crippen molar-refractivity contribution < 1.29 is 15.0 Å². The number of rotatable bonds is 5. The Kier molecular flexibility index (Phi) is 4.65. The lowest BCUT2D eigenvalue weighted by molar-refractivity contribution is 0.0684. The molecule has 0 aliphatic heterocycles. The van der Waals surface area contributed by atoms with Crippen molar-refractivity contribution in [3.63, 3.8) is 0 Å². The minimum atomic E-state index is -0.270. The standard InChI is InChI=1S/C9H13N3O3/c13-5-3-12(4-6-14)9(15)8-1-2-10-11-7-8/h1-2,7,13-14H,3-6H2. The first-order valence-corrected chi connectivity index (χ1v) is 4.57. The Morgan fingerprint density at radius 3 is 2.40 bits per heavy atom. The van der Waals surface area contributed by atoms with Gasteiger partial charge in [-0.1, -0.05) is 0 Å². The Labute approximate surface area is 87.2 Å². The highest BCUT2D eigenvalue weighted by Crippen LogP contribution is 2.01. The molecule has 2 N–H and O–H groups in total. The molecular weight excluding hydrogens is 198 g/mol. The molecule has 1 amide bonds. The summed E-state index contributed by atoms with van der Waals surface area (Å²) >= 11 is 0. The Hall–Kier alpha value is -1.53. The molecule has 6 heteroatoms. The Bertz CT molecular complexity index is 299. The molecule has 1 aromatic rings. The van der Waals surface area contributed by atoms with Crippen LogP contribution in [0, 0.1) is 0 Å². The lowest BCUT2D eigenvalue weighted by Gasteiger charge is -2.20. The second-order valence-corrected chi connectivity index (χ2v) is 2.87. The minimum absolute atomic E-state index is 0.135. The number of hydrogen-bond donors (Lipinski definition) is 2. The van der Waals surface area contributed by atoms with Gasteiger partial charge in [-0.2, -0.15) is 10.2 Å². The number of hydrogen-bond acceptors (Lipinski definition) is 5. The molecule has 0 fully saturated rings. The molecule has 0 spiro atoms. The first-order valence-electron chi connectivity index (χ1n) is 4.57. The van der Waals surface area contributed by atoms with Crippen molar-refractivity contribution >= 4 is 5.91 Å². The predicted octanol–water partition coefficient (Wildman–Crippen LogP) is -1.10. The molecule has 0 aliphatic carbocycles. The van der Waals surface area contributed by atoms with Crippen LogP contribution < -0.4 is 0 Å². The average Bonchev–Trinajstić information content (AvgIpc) is 2.29. The molecule has 1 heterocycles. The Morgan fingerprint density at radius 2 is 1.93 bits per heavy atom. The van der Waals surface area contributed by atoms with Crippen LogP contribution in [0.1, 0.15) is 10.4 Å². The maximum atomic E-state index is 11.8. The summed E-state index contributed by atoms with van der Waals surface area (Å²) < 4.78 is 0. The van der Waals surface area contributed by atoms with Gasteiger partial charge in [-0.05, 0) is 6.07 Å². The summed E-state index contributed by atoms with van der Waals surface area (Å²) in [7, 11) is 0. The molecule has 0 bridgehead atoms. The lowest BCUT2D eigenvalue weighted by atomic mass is 10.2. The van der Waals surface area contributed by atoms with Crippen molar-refractivity contribution in [3.8, 4) is 0 Å². The quantitative estimate of drug-likeness (QED) is 0.646. The molecule has 0 atom stereocenters. The summed E-state index contributed by atoms with van der Waals surface area (Å²) in [5, 5.41) is 24.7. The second-order valence-electron chi connectivity index (χ2n) is 2.87. The summed E-state index contributed by atoms with van der Waals surface area (Å²) in [6, 6.07) is 1.54. The number of carbonyl (C=O) groups is 1. The molecule has 0 radical (unpaired) electrons. The molecule has 0 unspecified atom stereocenters. The monoisotopic (exact) mass is 211 g/mol.